The first-order chi connectivity index (χ1) is 5.83. The van der Waals surface area contributed by atoms with Gasteiger partial charge < -0.3 is 14.6 Å². The standard InChI is InChI=1S/C9H16O3/c1-2-3-4-8(10)7-9-11-5-6-12-9/h2,8-10H,1,3-7H2. The molecule has 0 radical (unpaired) electrons. The number of allylic oxidation sites excluding steroid dienone is 1. The molecular weight excluding hydrogens is 156 g/mol. The molecule has 1 atom stereocenters. The summed E-state index contributed by atoms with van der Waals surface area (Å²) in [5.74, 6) is 0. The minimum atomic E-state index is -0.328. The fourth-order valence-electron chi connectivity index (χ4n) is 1.19. The molecule has 0 aliphatic carbocycles. The zero-order valence-electron chi connectivity index (χ0n) is 7.24. The predicted molar refractivity (Wildman–Crippen MR) is 45.7 cm³/mol. The fraction of sp³-hybridized carbons (Fsp3) is 0.778. The first-order valence-electron chi connectivity index (χ1n) is 4.35. The lowest BCUT2D eigenvalue weighted by molar-refractivity contribution is -0.0708. The van der Waals surface area contributed by atoms with Gasteiger partial charge >= 0.3 is 0 Å². The maximum atomic E-state index is 9.43. The summed E-state index contributed by atoms with van der Waals surface area (Å²) in [6, 6.07) is 0. The van der Waals surface area contributed by atoms with E-state index in [0.29, 0.717) is 19.6 Å². The molecule has 0 spiro atoms. The first-order valence-corrected chi connectivity index (χ1v) is 4.35. The second-order valence-electron chi connectivity index (χ2n) is 2.93. The first kappa shape index (κ1) is 9.71. The van der Waals surface area contributed by atoms with Crippen LogP contribution in [0.4, 0.5) is 0 Å². The van der Waals surface area contributed by atoms with E-state index in [4.69, 9.17) is 9.47 Å². The average Bonchev–Trinajstić information content (AvgIpc) is 2.53. The number of ether oxygens (including phenoxy) is 2. The minimum Gasteiger partial charge on any atom is -0.393 e. The molecule has 1 saturated heterocycles. The lowest BCUT2D eigenvalue weighted by Crippen LogP contribution is -2.18. The highest BCUT2D eigenvalue weighted by Crippen LogP contribution is 2.13. The Morgan fingerprint density at radius 1 is 1.50 bits per heavy atom. The Hall–Kier alpha value is -0.380. The Labute approximate surface area is 73.0 Å². The van der Waals surface area contributed by atoms with Crippen molar-refractivity contribution in [2.45, 2.75) is 31.7 Å². The van der Waals surface area contributed by atoms with Crippen LogP contribution >= 0.6 is 0 Å². The third-order valence-corrected chi connectivity index (χ3v) is 1.86. The zero-order valence-corrected chi connectivity index (χ0v) is 7.24. The fourth-order valence-corrected chi connectivity index (χ4v) is 1.19. The molecule has 70 valence electrons. The van der Waals surface area contributed by atoms with Gasteiger partial charge in [0.15, 0.2) is 6.29 Å². The van der Waals surface area contributed by atoms with Crippen LogP contribution in [0, 0.1) is 0 Å². The van der Waals surface area contributed by atoms with Gasteiger partial charge in [-0.3, -0.25) is 0 Å². The van der Waals surface area contributed by atoms with Crippen LogP contribution in [-0.2, 0) is 9.47 Å². The molecule has 3 nitrogen and oxygen atoms in total. The highest BCUT2D eigenvalue weighted by molar-refractivity contribution is 4.70. The molecule has 0 aromatic carbocycles. The third-order valence-electron chi connectivity index (χ3n) is 1.86. The van der Waals surface area contributed by atoms with E-state index in [-0.39, 0.29) is 12.4 Å². The van der Waals surface area contributed by atoms with Gasteiger partial charge in [-0.1, -0.05) is 6.08 Å². The zero-order chi connectivity index (χ0) is 8.81. The van der Waals surface area contributed by atoms with Crippen LogP contribution in [0.25, 0.3) is 0 Å². The molecule has 3 heteroatoms. The van der Waals surface area contributed by atoms with Gasteiger partial charge in [0.1, 0.15) is 0 Å². The van der Waals surface area contributed by atoms with Gasteiger partial charge in [-0.05, 0) is 12.8 Å². The molecule has 1 N–H and O–H groups in total. The normalized spacial score (nSPS) is 21.1. The molecule has 1 heterocycles. The van der Waals surface area contributed by atoms with Crippen molar-refractivity contribution in [1.29, 1.82) is 0 Å². The van der Waals surface area contributed by atoms with Crippen molar-refractivity contribution in [3.63, 3.8) is 0 Å². The van der Waals surface area contributed by atoms with Crippen molar-refractivity contribution in [2.24, 2.45) is 0 Å². The predicted octanol–water partition coefficient (Wildman–Crippen LogP) is 1.08. The van der Waals surface area contributed by atoms with Crippen LogP contribution in [-0.4, -0.2) is 30.7 Å². The summed E-state index contributed by atoms with van der Waals surface area (Å²) in [4.78, 5) is 0. The van der Waals surface area contributed by atoms with Gasteiger partial charge in [-0.2, -0.15) is 0 Å². The van der Waals surface area contributed by atoms with E-state index in [9.17, 15) is 5.11 Å². The van der Waals surface area contributed by atoms with Crippen molar-refractivity contribution in [2.75, 3.05) is 13.2 Å². The van der Waals surface area contributed by atoms with Crippen LogP contribution < -0.4 is 0 Å². The van der Waals surface area contributed by atoms with E-state index >= 15 is 0 Å². The highest BCUT2D eigenvalue weighted by atomic mass is 16.7. The van der Waals surface area contributed by atoms with Crippen molar-refractivity contribution in [1.82, 2.24) is 0 Å². The average molecular weight is 172 g/mol. The number of hydrogen-bond donors (Lipinski definition) is 1. The van der Waals surface area contributed by atoms with Gasteiger partial charge in [0.25, 0.3) is 0 Å². The molecule has 12 heavy (non-hydrogen) atoms. The summed E-state index contributed by atoms with van der Waals surface area (Å²) in [5, 5.41) is 9.43. The summed E-state index contributed by atoms with van der Waals surface area (Å²) < 4.78 is 10.4. The van der Waals surface area contributed by atoms with E-state index in [0.717, 1.165) is 12.8 Å². The Morgan fingerprint density at radius 2 is 2.17 bits per heavy atom. The molecule has 0 aromatic heterocycles. The summed E-state index contributed by atoms with van der Waals surface area (Å²) >= 11 is 0. The SMILES string of the molecule is C=CCCC(O)CC1OCCO1. The highest BCUT2D eigenvalue weighted by Gasteiger charge is 2.19. The second kappa shape index (κ2) is 5.30. The van der Waals surface area contributed by atoms with E-state index in [1.165, 1.54) is 0 Å². The number of aliphatic hydroxyl groups is 1. The molecule has 0 amide bonds. The molecular formula is C9H16O3. The molecule has 1 aliphatic rings. The topological polar surface area (TPSA) is 38.7 Å². The van der Waals surface area contributed by atoms with Crippen molar-refractivity contribution in [3.05, 3.63) is 12.7 Å². The lowest BCUT2D eigenvalue weighted by atomic mass is 10.1. The Kier molecular flexibility index (Phi) is 4.29. The van der Waals surface area contributed by atoms with Gasteiger partial charge in [0.05, 0.1) is 19.3 Å². The van der Waals surface area contributed by atoms with E-state index < -0.39 is 0 Å². The van der Waals surface area contributed by atoms with Crippen molar-refractivity contribution in [3.8, 4) is 0 Å². The molecule has 1 rings (SSSR count). The Balaban J connectivity index is 2.07. The monoisotopic (exact) mass is 172 g/mol. The maximum absolute atomic E-state index is 9.43. The number of rotatable bonds is 5. The smallest absolute Gasteiger partial charge is 0.160 e. The van der Waals surface area contributed by atoms with E-state index in [1.807, 2.05) is 0 Å². The summed E-state index contributed by atoms with van der Waals surface area (Å²) in [5.41, 5.74) is 0. The van der Waals surface area contributed by atoms with Gasteiger partial charge in [-0.25, -0.2) is 0 Å². The lowest BCUT2D eigenvalue weighted by Gasteiger charge is -2.13. The van der Waals surface area contributed by atoms with E-state index in [1.54, 1.807) is 6.08 Å². The third kappa shape index (κ3) is 3.34. The Morgan fingerprint density at radius 3 is 2.75 bits per heavy atom. The van der Waals surface area contributed by atoms with Gasteiger partial charge in [0.2, 0.25) is 0 Å². The molecule has 0 aromatic rings. The van der Waals surface area contributed by atoms with Crippen LogP contribution in [0.5, 0.6) is 0 Å². The van der Waals surface area contributed by atoms with Crippen LogP contribution in [0.15, 0.2) is 12.7 Å². The Bertz CT molecular complexity index is 130. The van der Waals surface area contributed by atoms with E-state index in [2.05, 4.69) is 6.58 Å². The quantitative estimate of drug-likeness (QED) is 0.630. The van der Waals surface area contributed by atoms with Crippen LogP contribution in [0.2, 0.25) is 0 Å². The maximum Gasteiger partial charge on any atom is 0.160 e. The molecule has 0 saturated carbocycles. The molecule has 1 aliphatic heterocycles. The molecule has 1 fully saturated rings. The summed E-state index contributed by atoms with van der Waals surface area (Å²) in [7, 11) is 0. The number of hydrogen-bond acceptors (Lipinski definition) is 3. The van der Waals surface area contributed by atoms with Gasteiger partial charge in [-0.15, -0.1) is 6.58 Å². The van der Waals surface area contributed by atoms with Crippen molar-refractivity contribution >= 4 is 0 Å². The number of aliphatic hydroxyl groups excluding tert-OH is 1. The molecule has 1 unspecified atom stereocenters. The largest absolute Gasteiger partial charge is 0.393 e. The van der Waals surface area contributed by atoms with Crippen LogP contribution in [0.1, 0.15) is 19.3 Å². The van der Waals surface area contributed by atoms with Gasteiger partial charge in [0, 0.05) is 6.42 Å². The second-order valence-corrected chi connectivity index (χ2v) is 2.93. The van der Waals surface area contributed by atoms with Crippen LogP contribution in [0.3, 0.4) is 0 Å². The molecule has 0 bridgehead atoms. The summed E-state index contributed by atoms with van der Waals surface area (Å²) in [6.07, 6.45) is 3.45. The van der Waals surface area contributed by atoms with Crippen molar-refractivity contribution < 1.29 is 14.6 Å². The summed E-state index contributed by atoms with van der Waals surface area (Å²) in [6.45, 7) is 4.89. The minimum absolute atomic E-state index is 0.190.